The quantitative estimate of drug-likeness (QED) is 0.929. The van der Waals surface area contributed by atoms with Gasteiger partial charge in [0.15, 0.2) is 0 Å². The minimum atomic E-state index is -0.0808. The highest BCUT2D eigenvalue weighted by molar-refractivity contribution is 5.95. The molecule has 1 aromatic carbocycles. The highest BCUT2D eigenvalue weighted by atomic mass is 16.5. The molecule has 6 nitrogen and oxygen atoms in total. The number of carbonyl (C=O) groups excluding carboxylic acids is 1. The summed E-state index contributed by atoms with van der Waals surface area (Å²) in [6, 6.07) is 7.70. The number of benzene rings is 1. The third kappa shape index (κ3) is 3.89. The smallest absolute Gasteiger partial charge is 0.251 e. The predicted octanol–water partition coefficient (Wildman–Crippen LogP) is 1.86. The Hall–Kier alpha value is -2.47. The van der Waals surface area contributed by atoms with Crippen LogP contribution in [-0.4, -0.2) is 42.2 Å². The van der Waals surface area contributed by atoms with Gasteiger partial charge in [0.2, 0.25) is 5.95 Å². The van der Waals surface area contributed by atoms with E-state index in [1.165, 1.54) is 0 Å². The first kappa shape index (κ1) is 16.4. The van der Waals surface area contributed by atoms with E-state index in [9.17, 15) is 4.79 Å². The van der Waals surface area contributed by atoms with Gasteiger partial charge in [-0.1, -0.05) is 17.7 Å². The summed E-state index contributed by atoms with van der Waals surface area (Å²) in [6.07, 6.45) is 1.73. The van der Waals surface area contributed by atoms with Gasteiger partial charge in [0.05, 0.1) is 25.5 Å². The van der Waals surface area contributed by atoms with Crippen molar-refractivity contribution < 1.29 is 9.53 Å². The molecule has 0 radical (unpaired) electrons. The Bertz CT molecular complexity index is 727. The number of aryl methyl sites for hydroxylation is 2. The number of aromatic nitrogens is 2. The number of morpholine rings is 1. The number of hydrogen-bond acceptors (Lipinski definition) is 5. The van der Waals surface area contributed by atoms with Crippen LogP contribution in [0.4, 0.5) is 5.95 Å². The van der Waals surface area contributed by atoms with Crippen molar-refractivity contribution in [3.63, 3.8) is 0 Å². The molecule has 2 aromatic rings. The zero-order valence-corrected chi connectivity index (χ0v) is 14.1. The van der Waals surface area contributed by atoms with Gasteiger partial charge in [-0.15, -0.1) is 0 Å². The van der Waals surface area contributed by atoms with E-state index in [0.717, 1.165) is 29.9 Å². The lowest BCUT2D eigenvalue weighted by atomic mass is 10.1. The van der Waals surface area contributed by atoms with E-state index < -0.39 is 0 Å². The first-order valence-corrected chi connectivity index (χ1v) is 8.13. The molecule has 0 saturated carbocycles. The molecule has 1 aliphatic heterocycles. The van der Waals surface area contributed by atoms with Crippen LogP contribution >= 0.6 is 0 Å². The summed E-state index contributed by atoms with van der Waals surface area (Å²) in [5.41, 5.74) is 3.54. The predicted molar refractivity (Wildman–Crippen MR) is 92.2 cm³/mol. The van der Waals surface area contributed by atoms with Crippen LogP contribution in [0.25, 0.3) is 0 Å². The van der Waals surface area contributed by atoms with E-state index in [1.807, 2.05) is 38.1 Å². The van der Waals surface area contributed by atoms with Crippen LogP contribution in [0, 0.1) is 13.8 Å². The Morgan fingerprint density at radius 3 is 2.83 bits per heavy atom. The molecule has 0 spiro atoms. The van der Waals surface area contributed by atoms with Crippen LogP contribution < -0.4 is 10.2 Å². The van der Waals surface area contributed by atoms with Crippen LogP contribution in [0.1, 0.15) is 27.2 Å². The number of hydrogen-bond donors (Lipinski definition) is 1. The van der Waals surface area contributed by atoms with Crippen molar-refractivity contribution in [3.05, 3.63) is 52.8 Å². The fourth-order valence-electron chi connectivity index (χ4n) is 2.65. The molecular weight excluding hydrogens is 304 g/mol. The van der Waals surface area contributed by atoms with Crippen molar-refractivity contribution in [1.29, 1.82) is 0 Å². The lowest BCUT2D eigenvalue weighted by molar-refractivity contribution is 0.0949. The van der Waals surface area contributed by atoms with Crippen LogP contribution in [0.5, 0.6) is 0 Å². The van der Waals surface area contributed by atoms with Crippen molar-refractivity contribution >= 4 is 11.9 Å². The summed E-state index contributed by atoms with van der Waals surface area (Å²) in [5, 5.41) is 2.94. The highest BCUT2D eigenvalue weighted by Crippen LogP contribution is 2.12. The van der Waals surface area contributed by atoms with E-state index in [0.29, 0.717) is 31.3 Å². The number of nitrogens with one attached hydrogen (secondary N) is 1. The average Bonchev–Trinajstić information content (AvgIpc) is 2.63. The summed E-state index contributed by atoms with van der Waals surface area (Å²) in [4.78, 5) is 23.4. The first-order chi connectivity index (χ1) is 11.6. The van der Waals surface area contributed by atoms with Crippen molar-refractivity contribution in [2.45, 2.75) is 20.4 Å². The molecule has 1 aromatic heterocycles. The van der Waals surface area contributed by atoms with Gasteiger partial charge in [-0.25, -0.2) is 9.97 Å². The Morgan fingerprint density at radius 1 is 1.25 bits per heavy atom. The van der Waals surface area contributed by atoms with Gasteiger partial charge in [-0.05, 0) is 31.5 Å². The zero-order chi connectivity index (χ0) is 16.9. The number of ether oxygens (including phenoxy) is 1. The third-order valence-electron chi connectivity index (χ3n) is 4.06. The Balaban J connectivity index is 1.66. The maximum atomic E-state index is 12.4. The first-order valence-electron chi connectivity index (χ1n) is 8.13. The fraction of sp³-hybridized carbons (Fsp3) is 0.389. The van der Waals surface area contributed by atoms with Crippen LogP contribution in [0.3, 0.4) is 0 Å². The average molecular weight is 326 g/mol. The van der Waals surface area contributed by atoms with Crippen molar-refractivity contribution in [2.75, 3.05) is 31.2 Å². The van der Waals surface area contributed by atoms with Gasteiger partial charge in [-0.2, -0.15) is 0 Å². The monoisotopic (exact) mass is 326 g/mol. The SMILES string of the molecule is Cc1ccc(C)c(C(=O)NCc2ccnc(N3CCOCC3)n2)c1. The van der Waals surface area contributed by atoms with E-state index >= 15 is 0 Å². The maximum Gasteiger partial charge on any atom is 0.251 e. The Morgan fingerprint density at radius 2 is 2.04 bits per heavy atom. The molecule has 0 bridgehead atoms. The number of nitrogens with zero attached hydrogens (tertiary/aromatic N) is 3. The summed E-state index contributed by atoms with van der Waals surface area (Å²) in [7, 11) is 0. The molecule has 0 unspecified atom stereocenters. The van der Waals surface area contributed by atoms with Crippen LogP contribution in [-0.2, 0) is 11.3 Å². The van der Waals surface area contributed by atoms with Crippen LogP contribution in [0.15, 0.2) is 30.5 Å². The van der Waals surface area contributed by atoms with Gasteiger partial charge in [0.25, 0.3) is 5.91 Å². The van der Waals surface area contributed by atoms with Crippen molar-refractivity contribution in [3.8, 4) is 0 Å². The summed E-state index contributed by atoms with van der Waals surface area (Å²) >= 11 is 0. The summed E-state index contributed by atoms with van der Waals surface area (Å²) in [5.74, 6) is 0.611. The molecule has 1 fully saturated rings. The van der Waals surface area contributed by atoms with E-state index in [-0.39, 0.29) is 5.91 Å². The Kier molecular flexibility index (Phi) is 5.05. The molecule has 6 heteroatoms. The topological polar surface area (TPSA) is 67.4 Å². The second-order valence-corrected chi connectivity index (χ2v) is 5.95. The lowest BCUT2D eigenvalue weighted by Gasteiger charge is -2.26. The largest absolute Gasteiger partial charge is 0.378 e. The zero-order valence-electron chi connectivity index (χ0n) is 14.1. The molecule has 3 rings (SSSR count). The van der Waals surface area contributed by atoms with Gasteiger partial charge in [0, 0.05) is 24.8 Å². The molecule has 0 atom stereocenters. The maximum absolute atomic E-state index is 12.4. The minimum absolute atomic E-state index is 0.0808. The number of anilines is 1. The minimum Gasteiger partial charge on any atom is -0.378 e. The lowest BCUT2D eigenvalue weighted by Crippen LogP contribution is -2.37. The second kappa shape index (κ2) is 7.40. The molecule has 2 heterocycles. The van der Waals surface area contributed by atoms with E-state index in [2.05, 4.69) is 20.2 Å². The number of amides is 1. The number of rotatable bonds is 4. The molecule has 24 heavy (non-hydrogen) atoms. The van der Waals surface area contributed by atoms with Gasteiger partial charge in [-0.3, -0.25) is 4.79 Å². The van der Waals surface area contributed by atoms with E-state index in [1.54, 1.807) is 6.20 Å². The molecule has 0 aliphatic carbocycles. The highest BCUT2D eigenvalue weighted by Gasteiger charge is 2.14. The normalized spacial score (nSPS) is 14.5. The van der Waals surface area contributed by atoms with Crippen LogP contribution in [0.2, 0.25) is 0 Å². The standard InChI is InChI=1S/C18H22N4O2/c1-13-3-4-14(2)16(11-13)17(23)20-12-15-5-6-19-18(21-15)22-7-9-24-10-8-22/h3-6,11H,7-10,12H2,1-2H3,(H,20,23). The Labute approximate surface area is 141 Å². The molecule has 1 N–H and O–H groups in total. The summed E-state index contributed by atoms with van der Waals surface area (Å²) in [6.45, 7) is 7.27. The van der Waals surface area contributed by atoms with Crippen molar-refractivity contribution in [2.24, 2.45) is 0 Å². The molecule has 1 saturated heterocycles. The molecule has 1 amide bonds. The molecule has 126 valence electrons. The molecule has 1 aliphatic rings. The van der Waals surface area contributed by atoms with Gasteiger partial charge in [0.1, 0.15) is 0 Å². The second-order valence-electron chi connectivity index (χ2n) is 5.95. The number of carbonyl (C=O) groups is 1. The molecular formula is C18H22N4O2. The fourth-order valence-corrected chi connectivity index (χ4v) is 2.65. The van der Waals surface area contributed by atoms with Gasteiger partial charge < -0.3 is 15.0 Å². The van der Waals surface area contributed by atoms with Crippen molar-refractivity contribution in [1.82, 2.24) is 15.3 Å². The van der Waals surface area contributed by atoms with E-state index in [4.69, 9.17) is 4.74 Å². The van der Waals surface area contributed by atoms with Gasteiger partial charge >= 0.3 is 0 Å². The third-order valence-corrected chi connectivity index (χ3v) is 4.06. The summed E-state index contributed by atoms with van der Waals surface area (Å²) < 4.78 is 5.35.